The molecular formula is C22H16N2O5S. The molecule has 5 rings (SSSR count). The van der Waals surface area contributed by atoms with Crippen molar-refractivity contribution in [3.05, 3.63) is 74.5 Å². The molecule has 0 aliphatic heterocycles. The number of rotatable bonds is 1. The van der Waals surface area contributed by atoms with Gasteiger partial charge >= 0.3 is 0 Å². The largest absolute Gasteiger partial charge is 0.354 e. The lowest BCUT2D eigenvalue weighted by atomic mass is 10.0. The second-order valence-electron chi connectivity index (χ2n) is 7.46. The minimum absolute atomic E-state index is 0.149. The summed E-state index contributed by atoms with van der Waals surface area (Å²) in [5.74, 6) is 0. The first-order valence-corrected chi connectivity index (χ1v) is 10.6. The third-order valence-electron chi connectivity index (χ3n) is 5.55. The SMILES string of the molecule is Cc1ccc2[nH]c3cc4c(=O)c5ccc(S(=O)(=O)O)cc5n(C)c4cc3c(=O)c2c1. The highest BCUT2D eigenvalue weighted by atomic mass is 32.2. The van der Waals surface area contributed by atoms with E-state index in [1.165, 1.54) is 18.2 Å². The summed E-state index contributed by atoms with van der Waals surface area (Å²) < 4.78 is 34.1. The van der Waals surface area contributed by atoms with Gasteiger partial charge in [-0.3, -0.25) is 14.1 Å². The van der Waals surface area contributed by atoms with E-state index in [1.807, 2.05) is 25.1 Å². The van der Waals surface area contributed by atoms with Crippen molar-refractivity contribution < 1.29 is 13.0 Å². The molecule has 5 aromatic rings. The first-order chi connectivity index (χ1) is 14.1. The van der Waals surface area contributed by atoms with Crippen LogP contribution in [0.15, 0.2) is 63.0 Å². The molecule has 3 aromatic carbocycles. The van der Waals surface area contributed by atoms with Crippen LogP contribution in [0.25, 0.3) is 43.6 Å². The summed E-state index contributed by atoms with van der Waals surface area (Å²) in [6, 6.07) is 12.7. The summed E-state index contributed by atoms with van der Waals surface area (Å²) >= 11 is 0. The molecule has 150 valence electrons. The highest BCUT2D eigenvalue weighted by Gasteiger charge is 2.16. The lowest BCUT2D eigenvalue weighted by Gasteiger charge is -2.13. The Morgan fingerprint density at radius 1 is 0.800 bits per heavy atom. The average Bonchev–Trinajstić information content (AvgIpc) is 2.71. The molecule has 2 N–H and O–H groups in total. The monoisotopic (exact) mass is 420 g/mol. The maximum absolute atomic E-state index is 13.1. The number of nitrogens with zero attached hydrogens (tertiary/aromatic N) is 1. The molecule has 7 nitrogen and oxygen atoms in total. The van der Waals surface area contributed by atoms with Gasteiger partial charge in [0.2, 0.25) is 0 Å². The molecule has 0 amide bonds. The molecule has 30 heavy (non-hydrogen) atoms. The van der Waals surface area contributed by atoms with E-state index in [0.29, 0.717) is 43.6 Å². The summed E-state index contributed by atoms with van der Waals surface area (Å²) in [6.07, 6.45) is 0. The van der Waals surface area contributed by atoms with Crippen LogP contribution in [0.1, 0.15) is 5.56 Å². The van der Waals surface area contributed by atoms with Crippen LogP contribution in [0.2, 0.25) is 0 Å². The molecule has 0 radical (unpaired) electrons. The lowest BCUT2D eigenvalue weighted by molar-refractivity contribution is 0.483. The van der Waals surface area contributed by atoms with Crippen molar-refractivity contribution in [3.8, 4) is 0 Å². The van der Waals surface area contributed by atoms with E-state index in [1.54, 1.807) is 23.7 Å². The zero-order chi connectivity index (χ0) is 21.4. The molecule has 0 unspecified atom stereocenters. The third kappa shape index (κ3) is 2.58. The molecular weight excluding hydrogens is 404 g/mol. The Kier molecular flexibility index (Phi) is 3.71. The van der Waals surface area contributed by atoms with E-state index in [9.17, 15) is 22.6 Å². The lowest BCUT2D eigenvalue weighted by Crippen LogP contribution is -2.12. The fourth-order valence-corrected chi connectivity index (χ4v) is 4.50. The van der Waals surface area contributed by atoms with Crippen molar-refractivity contribution in [2.24, 2.45) is 7.05 Å². The van der Waals surface area contributed by atoms with Crippen LogP contribution in [0.3, 0.4) is 0 Å². The van der Waals surface area contributed by atoms with Crippen molar-refractivity contribution >= 4 is 53.7 Å². The normalized spacial score (nSPS) is 12.4. The molecule has 0 fully saturated rings. The van der Waals surface area contributed by atoms with Crippen molar-refractivity contribution in [2.45, 2.75) is 11.8 Å². The summed E-state index contributed by atoms with van der Waals surface area (Å²) in [5, 5.41) is 1.71. The minimum atomic E-state index is -4.42. The van der Waals surface area contributed by atoms with Crippen LogP contribution >= 0.6 is 0 Å². The zero-order valence-corrected chi connectivity index (χ0v) is 16.9. The van der Waals surface area contributed by atoms with E-state index in [4.69, 9.17) is 0 Å². The molecule has 8 heteroatoms. The van der Waals surface area contributed by atoms with Gasteiger partial charge in [0.25, 0.3) is 10.1 Å². The Balaban J connectivity index is 1.99. The quantitative estimate of drug-likeness (QED) is 0.320. The molecule has 0 atom stereocenters. The smallest absolute Gasteiger partial charge is 0.294 e. The number of aryl methyl sites for hydroxylation is 2. The highest BCUT2D eigenvalue weighted by molar-refractivity contribution is 7.85. The van der Waals surface area contributed by atoms with Crippen molar-refractivity contribution in [1.82, 2.24) is 9.55 Å². The summed E-state index contributed by atoms with van der Waals surface area (Å²) in [5.41, 5.74) is 2.60. The summed E-state index contributed by atoms with van der Waals surface area (Å²) in [7, 11) is -2.73. The highest BCUT2D eigenvalue weighted by Crippen LogP contribution is 2.25. The maximum atomic E-state index is 13.1. The number of hydrogen-bond acceptors (Lipinski definition) is 4. The van der Waals surface area contributed by atoms with Gasteiger partial charge in [0.1, 0.15) is 0 Å². The van der Waals surface area contributed by atoms with E-state index < -0.39 is 10.1 Å². The first-order valence-electron chi connectivity index (χ1n) is 9.15. The van der Waals surface area contributed by atoms with Crippen molar-refractivity contribution in [3.63, 3.8) is 0 Å². The van der Waals surface area contributed by atoms with Gasteiger partial charge in [-0.2, -0.15) is 8.42 Å². The van der Waals surface area contributed by atoms with Gasteiger partial charge in [-0.25, -0.2) is 0 Å². The first kappa shape index (κ1) is 18.5. The van der Waals surface area contributed by atoms with Crippen LogP contribution in [0.4, 0.5) is 0 Å². The molecule has 0 aliphatic carbocycles. The van der Waals surface area contributed by atoms with Gasteiger partial charge < -0.3 is 9.55 Å². The number of aromatic nitrogens is 2. The maximum Gasteiger partial charge on any atom is 0.294 e. The van der Waals surface area contributed by atoms with E-state index in [-0.39, 0.29) is 15.8 Å². The van der Waals surface area contributed by atoms with E-state index in [0.717, 1.165) is 5.56 Å². The van der Waals surface area contributed by atoms with Gasteiger partial charge in [-0.05, 0) is 49.4 Å². The predicted octanol–water partition coefficient (Wildman–Crippen LogP) is 3.24. The number of hydrogen-bond donors (Lipinski definition) is 2. The van der Waals surface area contributed by atoms with E-state index in [2.05, 4.69) is 4.98 Å². The number of fused-ring (bicyclic) bond motifs is 4. The molecule has 0 spiro atoms. The molecule has 0 aliphatic rings. The standard InChI is InChI=1S/C22H16N2O5S/c1-11-3-6-17-14(7-11)22(26)15-10-20-16(9-18(15)23-17)21(25)13-5-4-12(30(27,28)29)8-19(13)24(20)2/h3-10H,1-2H3,(H,23,26)(H,27,28,29). The van der Waals surface area contributed by atoms with Gasteiger partial charge in [0, 0.05) is 34.1 Å². The molecule has 0 saturated heterocycles. The number of aromatic amines is 1. The van der Waals surface area contributed by atoms with Gasteiger partial charge in [0.05, 0.1) is 21.4 Å². The fourth-order valence-electron chi connectivity index (χ4n) is 4.00. The van der Waals surface area contributed by atoms with Crippen LogP contribution in [0, 0.1) is 6.92 Å². The molecule has 0 saturated carbocycles. The number of nitrogens with one attached hydrogen (secondary N) is 1. The van der Waals surface area contributed by atoms with Gasteiger partial charge in [-0.15, -0.1) is 0 Å². The van der Waals surface area contributed by atoms with E-state index >= 15 is 0 Å². The van der Waals surface area contributed by atoms with Crippen LogP contribution in [0.5, 0.6) is 0 Å². The van der Waals surface area contributed by atoms with Crippen molar-refractivity contribution in [1.29, 1.82) is 0 Å². The Hall–Kier alpha value is -3.49. The average molecular weight is 420 g/mol. The Morgan fingerprint density at radius 2 is 1.47 bits per heavy atom. The number of pyridine rings is 2. The Labute approximate surface area is 169 Å². The number of H-pyrrole nitrogens is 1. The van der Waals surface area contributed by atoms with Crippen LogP contribution in [-0.4, -0.2) is 22.5 Å². The molecule has 0 bridgehead atoms. The van der Waals surface area contributed by atoms with Gasteiger partial charge in [0.15, 0.2) is 10.9 Å². The Bertz CT molecular complexity index is 1780. The van der Waals surface area contributed by atoms with Crippen LogP contribution in [-0.2, 0) is 17.2 Å². The molecule has 2 heterocycles. The predicted molar refractivity (Wildman–Crippen MR) is 117 cm³/mol. The van der Waals surface area contributed by atoms with Crippen LogP contribution < -0.4 is 10.9 Å². The zero-order valence-electron chi connectivity index (χ0n) is 16.1. The fraction of sp³-hybridized carbons (Fsp3) is 0.0909. The molecule has 2 aromatic heterocycles. The summed E-state index contributed by atoms with van der Waals surface area (Å²) in [4.78, 5) is 29.2. The van der Waals surface area contributed by atoms with Crippen molar-refractivity contribution in [2.75, 3.05) is 0 Å². The minimum Gasteiger partial charge on any atom is -0.354 e. The van der Waals surface area contributed by atoms with Gasteiger partial charge in [-0.1, -0.05) is 11.6 Å². The topological polar surface area (TPSA) is 109 Å². The summed E-state index contributed by atoms with van der Waals surface area (Å²) in [6.45, 7) is 1.91. The third-order valence-corrected chi connectivity index (χ3v) is 6.40. The second-order valence-corrected chi connectivity index (χ2v) is 8.88. The number of benzene rings is 3. The second kappa shape index (κ2) is 6.01. The Morgan fingerprint density at radius 3 is 2.20 bits per heavy atom.